The molecule has 0 radical (unpaired) electrons. The summed E-state index contributed by atoms with van der Waals surface area (Å²) in [7, 11) is 0. The van der Waals surface area contributed by atoms with E-state index in [0.717, 1.165) is 0 Å². The molecule has 0 N–H and O–H groups in total. The molecule has 0 unspecified atom stereocenters. The largest absolute Gasteiger partial charge is 0.573 e. The van der Waals surface area contributed by atoms with Gasteiger partial charge in [0.15, 0.2) is 17.9 Å². The third-order valence-corrected chi connectivity index (χ3v) is 1.38. The van der Waals surface area contributed by atoms with E-state index in [9.17, 15) is 26.7 Å². The number of ether oxygens (including phenoxy) is 1. The zero-order valence-electron chi connectivity index (χ0n) is 6.94. The van der Waals surface area contributed by atoms with E-state index in [1.807, 2.05) is 0 Å². The molecule has 2 nitrogen and oxygen atoms in total. The number of benzene rings is 1. The molecule has 0 aliphatic heterocycles. The van der Waals surface area contributed by atoms with Crippen molar-refractivity contribution in [1.29, 1.82) is 0 Å². The Bertz CT molecular complexity index is 385. The molecule has 82 valence electrons. The summed E-state index contributed by atoms with van der Waals surface area (Å²) in [5.74, 6) is -4.12. The van der Waals surface area contributed by atoms with Crippen molar-refractivity contribution in [2.75, 3.05) is 0 Å². The summed E-state index contributed by atoms with van der Waals surface area (Å²) in [6.07, 6.45) is -5.25. The Labute approximate surface area is 80.3 Å². The minimum absolute atomic E-state index is 0.109. The molecule has 0 bridgehead atoms. The van der Waals surface area contributed by atoms with Gasteiger partial charge in [-0.2, -0.15) is 0 Å². The molecule has 1 aromatic rings. The number of alkyl halides is 3. The zero-order valence-corrected chi connectivity index (χ0v) is 6.94. The van der Waals surface area contributed by atoms with Crippen LogP contribution < -0.4 is 4.74 Å². The van der Waals surface area contributed by atoms with Gasteiger partial charge in [0.05, 0.1) is 5.56 Å². The Morgan fingerprint density at radius 3 is 2.27 bits per heavy atom. The van der Waals surface area contributed by atoms with Gasteiger partial charge in [0.1, 0.15) is 5.82 Å². The maximum Gasteiger partial charge on any atom is 0.573 e. The SMILES string of the molecule is O=Cc1cc(F)cc(OC(F)(F)F)c1F. The predicted octanol–water partition coefficient (Wildman–Crippen LogP) is 2.68. The van der Waals surface area contributed by atoms with Crippen molar-refractivity contribution in [3.8, 4) is 5.75 Å². The highest BCUT2D eigenvalue weighted by atomic mass is 19.4. The van der Waals surface area contributed by atoms with Crippen LogP contribution >= 0.6 is 0 Å². The number of halogens is 5. The number of carbonyl (C=O) groups is 1. The Morgan fingerprint density at radius 2 is 1.80 bits per heavy atom. The zero-order chi connectivity index (χ0) is 11.6. The summed E-state index contributed by atoms with van der Waals surface area (Å²) < 4.78 is 63.8. The predicted molar refractivity (Wildman–Crippen MR) is 38.4 cm³/mol. The third kappa shape index (κ3) is 2.90. The average Bonchev–Trinajstić information content (AvgIpc) is 2.08. The number of hydrogen-bond donors (Lipinski definition) is 0. The topological polar surface area (TPSA) is 26.3 Å². The van der Waals surface area contributed by atoms with Gasteiger partial charge in [-0.05, 0) is 6.07 Å². The van der Waals surface area contributed by atoms with E-state index in [2.05, 4.69) is 4.74 Å². The number of aldehydes is 1. The number of carbonyl (C=O) groups excluding carboxylic acids is 1. The van der Waals surface area contributed by atoms with E-state index in [-0.39, 0.29) is 12.4 Å². The highest BCUT2D eigenvalue weighted by Crippen LogP contribution is 2.27. The molecular weight excluding hydrogens is 223 g/mol. The molecule has 0 saturated heterocycles. The first-order chi connectivity index (χ1) is 6.83. The van der Waals surface area contributed by atoms with E-state index in [4.69, 9.17) is 0 Å². The highest BCUT2D eigenvalue weighted by Gasteiger charge is 2.33. The van der Waals surface area contributed by atoms with E-state index in [0.29, 0.717) is 6.07 Å². The smallest absolute Gasteiger partial charge is 0.403 e. The van der Waals surface area contributed by atoms with Crippen LogP contribution in [0.5, 0.6) is 5.75 Å². The summed E-state index contributed by atoms with van der Waals surface area (Å²) in [5.41, 5.74) is -0.839. The molecule has 0 amide bonds. The molecule has 0 spiro atoms. The van der Waals surface area contributed by atoms with Crippen LogP contribution in [0.1, 0.15) is 10.4 Å². The second-order valence-corrected chi connectivity index (χ2v) is 2.47. The fourth-order valence-corrected chi connectivity index (χ4v) is 0.869. The van der Waals surface area contributed by atoms with Crippen molar-refractivity contribution in [3.05, 3.63) is 29.3 Å². The Kier molecular flexibility index (Phi) is 2.92. The average molecular weight is 226 g/mol. The fraction of sp³-hybridized carbons (Fsp3) is 0.125. The van der Waals surface area contributed by atoms with E-state index < -0.39 is 29.3 Å². The van der Waals surface area contributed by atoms with E-state index in [1.165, 1.54) is 0 Å². The Balaban J connectivity index is 3.18. The molecular formula is C8H3F5O2. The van der Waals surface area contributed by atoms with Gasteiger partial charge in [-0.3, -0.25) is 4.79 Å². The summed E-state index contributed by atoms with van der Waals surface area (Å²) in [4.78, 5) is 10.2. The Morgan fingerprint density at radius 1 is 1.20 bits per heavy atom. The Hall–Kier alpha value is -1.66. The highest BCUT2D eigenvalue weighted by molar-refractivity contribution is 5.76. The molecule has 1 rings (SSSR count). The molecule has 0 aliphatic carbocycles. The first kappa shape index (κ1) is 11.4. The van der Waals surface area contributed by atoms with E-state index in [1.54, 1.807) is 0 Å². The van der Waals surface area contributed by atoms with Crippen LogP contribution in [0.4, 0.5) is 22.0 Å². The van der Waals surface area contributed by atoms with Crippen LogP contribution in [0.3, 0.4) is 0 Å². The van der Waals surface area contributed by atoms with Crippen molar-refractivity contribution in [2.45, 2.75) is 6.36 Å². The van der Waals surface area contributed by atoms with Crippen LogP contribution in [-0.2, 0) is 0 Å². The van der Waals surface area contributed by atoms with Crippen LogP contribution in [-0.4, -0.2) is 12.6 Å². The molecule has 7 heteroatoms. The maximum atomic E-state index is 13.0. The van der Waals surface area contributed by atoms with Gasteiger partial charge in [-0.15, -0.1) is 13.2 Å². The number of rotatable bonds is 2. The van der Waals surface area contributed by atoms with Crippen LogP contribution in [0.2, 0.25) is 0 Å². The summed E-state index contributed by atoms with van der Waals surface area (Å²) in [6.45, 7) is 0. The second kappa shape index (κ2) is 3.84. The quantitative estimate of drug-likeness (QED) is 0.572. The molecule has 0 saturated carbocycles. The van der Waals surface area contributed by atoms with Gasteiger partial charge in [-0.25, -0.2) is 8.78 Å². The second-order valence-electron chi connectivity index (χ2n) is 2.47. The lowest BCUT2D eigenvalue weighted by atomic mass is 10.2. The first-order valence-corrected chi connectivity index (χ1v) is 3.53. The summed E-state index contributed by atoms with van der Waals surface area (Å²) in [6, 6.07) is 0.668. The fourth-order valence-electron chi connectivity index (χ4n) is 0.869. The van der Waals surface area contributed by atoms with Gasteiger partial charge in [0.2, 0.25) is 0 Å². The van der Waals surface area contributed by atoms with Gasteiger partial charge < -0.3 is 4.74 Å². The van der Waals surface area contributed by atoms with Gasteiger partial charge in [-0.1, -0.05) is 0 Å². The molecule has 0 atom stereocenters. The third-order valence-electron chi connectivity index (χ3n) is 1.38. The normalized spacial score (nSPS) is 11.3. The molecule has 0 aliphatic rings. The summed E-state index contributed by atoms with van der Waals surface area (Å²) in [5, 5.41) is 0. The minimum Gasteiger partial charge on any atom is -0.403 e. The molecule has 15 heavy (non-hydrogen) atoms. The molecule has 1 aromatic carbocycles. The standard InChI is InChI=1S/C8H3F5O2/c9-5-1-4(3-14)7(10)6(2-5)15-8(11,12)13/h1-3H. The van der Waals surface area contributed by atoms with Crippen molar-refractivity contribution in [2.24, 2.45) is 0 Å². The van der Waals surface area contributed by atoms with E-state index >= 15 is 0 Å². The monoisotopic (exact) mass is 226 g/mol. The molecule has 0 heterocycles. The molecule has 0 aromatic heterocycles. The molecule has 0 fully saturated rings. The van der Waals surface area contributed by atoms with Crippen LogP contribution in [0, 0.1) is 11.6 Å². The van der Waals surface area contributed by atoms with Crippen molar-refractivity contribution < 1.29 is 31.5 Å². The lowest BCUT2D eigenvalue weighted by molar-refractivity contribution is -0.275. The van der Waals surface area contributed by atoms with Crippen LogP contribution in [0.25, 0.3) is 0 Å². The van der Waals surface area contributed by atoms with Gasteiger partial charge in [0, 0.05) is 6.07 Å². The number of hydrogen-bond acceptors (Lipinski definition) is 2. The lowest BCUT2D eigenvalue weighted by Crippen LogP contribution is -2.18. The van der Waals surface area contributed by atoms with Crippen molar-refractivity contribution in [1.82, 2.24) is 0 Å². The van der Waals surface area contributed by atoms with Gasteiger partial charge in [0.25, 0.3) is 0 Å². The summed E-state index contributed by atoms with van der Waals surface area (Å²) >= 11 is 0. The van der Waals surface area contributed by atoms with Crippen LogP contribution in [0.15, 0.2) is 12.1 Å². The minimum atomic E-state index is -5.14. The maximum absolute atomic E-state index is 13.0. The van der Waals surface area contributed by atoms with Crippen molar-refractivity contribution in [3.63, 3.8) is 0 Å². The van der Waals surface area contributed by atoms with Crippen molar-refractivity contribution >= 4 is 6.29 Å². The lowest BCUT2D eigenvalue weighted by Gasteiger charge is -2.10. The van der Waals surface area contributed by atoms with Gasteiger partial charge >= 0.3 is 6.36 Å². The first-order valence-electron chi connectivity index (χ1n) is 3.53.